The zero-order valence-corrected chi connectivity index (χ0v) is 9.89. The van der Waals surface area contributed by atoms with Crippen LogP contribution in [0.2, 0.25) is 0 Å². The van der Waals surface area contributed by atoms with Gasteiger partial charge in [-0.2, -0.15) is 0 Å². The van der Waals surface area contributed by atoms with Gasteiger partial charge < -0.3 is 10.2 Å². The van der Waals surface area contributed by atoms with E-state index in [0.717, 1.165) is 5.92 Å². The SMILES string of the molecule is CCCCC(CC)CN1CCNCC1. The molecule has 1 aliphatic heterocycles. The summed E-state index contributed by atoms with van der Waals surface area (Å²) >= 11 is 0. The van der Waals surface area contributed by atoms with Gasteiger partial charge in [-0.15, -0.1) is 0 Å². The predicted molar refractivity (Wildman–Crippen MR) is 62.6 cm³/mol. The molecule has 1 unspecified atom stereocenters. The fourth-order valence-corrected chi connectivity index (χ4v) is 2.18. The van der Waals surface area contributed by atoms with Crippen LogP contribution in [-0.2, 0) is 0 Å². The van der Waals surface area contributed by atoms with Crippen molar-refractivity contribution >= 4 is 0 Å². The van der Waals surface area contributed by atoms with Gasteiger partial charge in [0.1, 0.15) is 0 Å². The zero-order chi connectivity index (χ0) is 10.2. The lowest BCUT2D eigenvalue weighted by Crippen LogP contribution is -2.45. The molecule has 2 nitrogen and oxygen atoms in total. The second-order valence-corrected chi connectivity index (χ2v) is 4.47. The molecule has 14 heavy (non-hydrogen) atoms. The van der Waals surface area contributed by atoms with Gasteiger partial charge in [-0.1, -0.05) is 33.1 Å². The van der Waals surface area contributed by atoms with Crippen LogP contribution in [0.25, 0.3) is 0 Å². The van der Waals surface area contributed by atoms with E-state index in [9.17, 15) is 0 Å². The summed E-state index contributed by atoms with van der Waals surface area (Å²) in [7, 11) is 0. The molecule has 1 rings (SSSR count). The Balaban J connectivity index is 2.16. The molecular formula is C12H26N2. The Morgan fingerprint density at radius 1 is 1.21 bits per heavy atom. The van der Waals surface area contributed by atoms with E-state index in [4.69, 9.17) is 0 Å². The summed E-state index contributed by atoms with van der Waals surface area (Å²) in [6, 6.07) is 0. The third kappa shape index (κ3) is 4.43. The first-order valence-corrected chi connectivity index (χ1v) is 6.29. The standard InChI is InChI=1S/C12H26N2/c1-3-5-6-12(4-2)11-14-9-7-13-8-10-14/h12-13H,3-11H2,1-2H3. The molecule has 1 saturated heterocycles. The third-order valence-corrected chi connectivity index (χ3v) is 3.27. The molecule has 1 atom stereocenters. The van der Waals surface area contributed by atoms with Gasteiger partial charge in [0.2, 0.25) is 0 Å². The molecule has 84 valence electrons. The minimum absolute atomic E-state index is 0.938. The maximum Gasteiger partial charge on any atom is 0.0107 e. The summed E-state index contributed by atoms with van der Waals surface area (Å²) in [4.78, 5) is 2.63. The van der Waals surface area contributed by atoms with Crippen molar-refractivity contribution in [2.75, 3.05) is 32.7 Å². The lowest BCUT2D eigenvalue weighted by Gasteiger charge is -2.30. The minimum Gasteiger partial charge on any atom is -0.314 e. The Hall–Kier alpha value is -0.0800. The number of rotatable bonds is 6. The first-order chi connectivity index (χ1) is 6.86. The number of nitrogens with one attached hydrogen (secondary N) is 1. The van der Waals surface area contributed by atoms with Gasteiger partial charge in [-0.05, 0) is 12.3 Å². The van der Waals surface area contributed by atoms with Crippen molar-refractivity contribution in [2.45, 2.75) is 39.5 Å². The smallest absolute Gasteiger partial charge is 0.0107 e. The van der Waals surface area contributed by atoms with Crippen molar-refractivity contribution in [3.05, 3.63) is 0 Å². The van der Waals surface area contributed by atoms with Crippen LogP contribution in [0, 0.1) is 5.92 Å². The Morgan fingerprint density at radius 3 is 2.50 bits per heavy atom. The molecule has 0 radical (unpaired) electrons. The van der Waals surface area contributed by atoms with Crippen molar-refractivity contribution < 1.29 is 0 Å². The van der Waals surface area contributed by atoms with Gasteiger partial charge >= 0.3 is 0 Å². The molecule has 2 heteroatoms. The Labute approximate surface area is 89.1 Å². The Kier molecular flexibility index (Phi) is 6.20. The quantitative estimate of drug-likeness (QED) is 0.703. The molecule has 0 aromatic rings. The molecule has 1 N–H and O–H groups in total. The number of hydrogen-bond donors (Lipinski definition) is 1. The van der Waals surface area contributed by atoms with E-state index in [1.165, 1.54) is 58.4 Å². The van der Waals surface area contributed by atoms with Gasteiger partial charge in [0.25, 0.3) is 0 Å². The molecule has 0 aromatic carbocycles. The first-order valence-electron chi connectivity index (χ1n) is 6.29. The van der Waals surface area contributed by atoms with Gasteiger partial charge in [-0.3, -0.25) is 0 Å². The van der Waals surface area contributed by atoms with E-state index >= 15 is 0 Å². The maximum atomic E-state index is 3.41. The zero-order valence-electron chi connectivity index (χ0n) is 9.89. The summed E-state index contributed by atoms with van der Waals surface area (Å²) in [6.07, 6.45) is 5.53. The average molecular weight is 198 g/mol. The van der Waals surface area contributed by atoms with Crippen LogP contribution in [0.5, 0.6) is 0 Å². The van der Waals surface area contributed by atoms with Gasteiger partial charge in [-0.25, -0.2) is 0 Å². The van der Waals surface area contributed by atoms with E-state index in [2.05, 4.69) is 24.1 Å². The fraction of sp³-hybridized carbons (Fsp3) is 1.00. The summed E-state index contributed by atoms with van der Waals surface area (Å²) in [5.74, 6) is 0.938. The lowest BCUT2D eigenvalue weighted by molar-refractivity contribution is 0.196. The molecule has 0 saturated carbocycles. The van der Waals surface area contributed by atoms with Crippen molar-refractivity contribution in [1.29, 1.82) is 0 Å². The van der Waals surface area contributed by atoms with Crippen LogP contribution >= 0.6 is 0 Å². The van der Waals surface area contributed by atoms with Crippen molar-refractivity contribution in [1.82, 2.24) is 10.2 Å². The molecule has 1 heterocycles. The van der Waals surface area contributed by atoms with E-state index in [1.807, 2.05) is 0 Å². The second-order valence-electron chi connectivity index (χ2n) is 4.47. The van der Waals surface area contributed by atoms with Crippen LogP contribution in [0.3, 0.4) is 0 Å². The van der Waals surface area contributed by atoms with Crippen LogP contribution in [0.4, 0.5) is 0 Å². The normalized spacial score (nSPS) is 21.0. The minimum atomic E-state index is 0.938. The van der Waals surface area contributed by atoms with E-state index in [0.29, 0.717) is 0 Å². The van der Waals surface area contributed by atoms with Gasteiger partial charge in [0.15, 0.2) is 0 Å². The van der Waals surface area contributed by atoms with Crippen LogP contribution in [-0.4, -0.2) is 37.6 Å². The molecule has 0 amide bonds. The largest absolute Gasteiger partial charge is 0.314 e. The molecule has 0 aliphatic carbocycles. The van der Waals surface area contributed by atoms with Gasteiger partial charge in [0.05, 0.1) is 0 Å². The summed E-state index contributed by atoms with van der Waals surface area (Å²) in [5.41, 5.74) is 0. The molecule has 1 aliphatic rings. The Morgan fingerprint density at radius 2 is 1.93 bits per heavy atom. The maximum absolute atomic E-state index is 3.41. The monoisotopic (exact) mass is 198 g/mol. The first kappa shape index (κ1) is 12.0. The molecule has 0 spiro atoms. The topological polar surface area (TPSA) is 15.3 Å². The van der Waals surface area contributed by atoms with Crippen molar-refractivity contribution in [2.24, 2.45) is 5.92 Å². The number of nitrogens with zero attached hydrogens (tertiary/aromatic N) is 1. The number of unbranched alkanes of at least 4 members (excludes halogenated alkanes) is 1. The number of piperazine rings is 1. The highest BCUT2D eigenvalue weighted by Gasteiger charge is 2.14. The molecule has 1 fully saturated rings. The van der Waals surface area contributed by atoms with E-state index < -0.39 is 0 Å². The van der Waals surface area contributed by atoms with Crippen LogP contribution in [0.15, 0.2) is 0 Å². The fourth-order valence-electron chi connectivity index (χ4n) is 2.18. The van der Waals surface area contributed by atoms with E-state index in [-0.39, 0.29) is 0 Å². The lowest BCUT2D eigenvalue weighted by atomic mass is 9.98. The number of hydrogen-bond acceptors (Lipinski definition) is 2. The van der Waals surface area contributed by atoms with Crippen LogP contribution in [0.1, 0.15) is 39.5 Å². The highest BCUT2D eigenvalue weighted by molar-refractivity contribution is 4.71. The molecule has 0 bridgehead atoms. The van der Waals surface area contributed by atoms with Crippen LogP contribution < -0.4 is 5.32 Å². The van der Waals surface area contributed by atoms with Crippen molar-refractivity contribution in [3.63, 3.8) is 0 Å². The second kappa shape index (κ2) is 7.24. The predicted octanol–water partition coefficient (Wildman–Crippen LogP) is 2.11. The molecular weight excluding hydrogens is 172 g/mol. The van der Waals surface area contributed by atoms with Gasteiger partial charge in [0, 0.05) is 32.7 Å². The summed E-state index contributed by atoms with van der Waals surface area (Å²) < 4.78 is 0. The molecule has 0 aromatic heterocycles. The Bertz CT molecular complexity index is 130. The van der Waals surface area contributed by atoms with Crippen molar-refractivity contribution in [3.8, 4) is 0 Å². The summed E-state index contributed by atoms with van der Waals surface area (Å²) in [6.45, 7) is 10.8. The van der Waals surface area contributed by atoms with E-state index in [1.54, 1.807) is 0 Å². The average Bonchev–Trinajstić information content (AvgIpc) is 2.25. The highest BCUT2D eigenvalue weighted by atomic mass is 15.2. The highest BCUT2D eigenvalue weighted by Crippen LogP contribution is 2.14. The summed E-state index contributed by atoms with van der Waals surface area (Å²) in [5, 5.41) is 3.41. The third-order valence-electron chi connectivity index (χ3n) is 3.27.